The average molecular weight is 502 g/mol. The number of carbonyl (C=O) groups is 2. The summed E-state index contributed by atoms with van der Waals surface area (Å²) in [6.07, 6.45) is -0.846. The lowest BCUT2D eigenvalue weighted by atomic mass is 10.0. The smallest absolute Gasteiger partial charge is 0.344 e. The minimum atomic E-state index is -1.11. The lowest BCUT2D eigenvalue weighted by Gasteiger charge is -2.17. The normalized spacial score (nSPS) is 11.5. The van der Waals surface area contributed by atoms with E-state index in [1.807, 2.05) is 37.3 Å². The fourth-order valence-electron chi connectivity index (χ4n) is 3.65. The molecule has 1 heterocycles. The molecule has 0 saturated carbocycles. The quantitative estimate of drug-likeness (QED) is 0.260. The van der Waals surface area contributed by atoms with Gasteiger partial charge in [0, 0.05) is 17.2 Å². The topological polar surface area (TPSA) is 108 Å². The molecule has 8 nitrogen and oxygen atoms in total. The van der Waals surface area contributed by atoms with Crippen LogP contribution in [-0.2, 0) is 11.4 Å². The fourth-order valence-corrected chi connectivity index (χ4v) is 3.65. The van der Waals surface area contributed by atoms with Crippen LogP contribution in [-0.4, -0.2) is 35.1 Å². The largest absolute Gasteiger partial charge is 0.497 e. The first-order chi connectivity index (χ1) is 17.9. The summed E-state index contributed by atoms with van der Waals surface area (Å²) in [6, 6.07) is 21.0. The van der Waals surface area contributed by atoms with Crippen molar-refractivity contribution in [1.29, 1.82) is 0 Å². The summed E-state index contributed by atoms with van der Waals surface area (Å²) in [4.78, 5) is 29.3. The maximum absolute atomic E-state index is 13.2. The molecule has 3 aromatic carbocycles. The highest BCUT2D eigenvalue weighted by Crippen LogP contribution is 2.29. The Morgan fingerprint density at radius 3 is 2.35 bits per heavy atom. The maximum Gasteiger partial charge on any atom is 0.344 e. The van der Waals surface area contributed by atoms with Crippen LogP contribution in [0.4, 0.5) is 0 Å². The van der Waals surface area contributed by atoms with Crippen LogP contribution >= 0.6 is 0 Å². The SMILES string of the molecule is CCC(Oc1cc(OC)ccc1C(=O)c1ccc(OCc2nc(-c3ccccc3)oc2C)cc1)C(=O)O. The minimum absolute atomic E-state index is 0.148. The molecule has 37 heavy (non-hydrogen) atoms. The summed E-state index contributed by atoms with van der Waals surface area (Å²) in [6.45, 7) is 3.74. The highest BCUT2D eigenvalue weighted by molar-refractivity contribution is 6.11. The third kappa shape index (κ3) is 5.98. The van der Waals surface area contributed by atoms with Gasteiger partial charge in [0.1, 0.15) is 35.3 Å². The average Bonchev–Trinajstić information content (AvgIpc) is 3.30. The van der Waals surface area contributed by atoms with Crippen molar-refractivity contribution in [2.24, 2.45) is 0 Å². The van der Waals surface area contributed by atoms with Gasteiger partial charge in [0.25, 0.3) is 0 Å². The van der Waals surface area contributed by atoms with Crippen LogP contribution in [0.15, 0.2) is 77.2 Å². The van der Waals surface area contributed by atoms with E-state index in [-0.39, 0.29) is 30.1 Å². The van der Waals surface area contributed by atoms with Gasteiger partial charge in [0.05, 0.1) is 12.7 Å². The molecular formula is C29H27NO7. The van der Waals surface area contributed by atoms with Crippen molar-refractivity contribution in [3.63, 3.8) is 0 Å². The zero-order valence-corrected chi connectivity index (χ0v) is 20.8. The third-order valence-corrected chi connectivity index (χ3v) is 5.75. The molecule has 0 spiro atoms. The molecule has 8 heteroatoms. The van der Waals surface area contributed by atoms with Crippen LogP contribution in [0, 0.1) is 6.92 Å². The molecule has 0 saturated heterocycles. The molecule has 0 aliphatic carbocycles. The predicted octanol–water partition coefficient (Wildman–Crippen LogP) is 5.71. The first-order valence-corrected chi connectivity index (χ1v) is 11.8. The van der Waals surface area contributed by atoms with Gasteiger partial charge in [-0.1, -0.05) is 25.1 Å². The number of nitrogens with zero attached hydrogens (tertiary/aromatic N) is 1. The molecule has 1 aromatic heterocycles. The molecule has 0 amide bonds. The molecule has 0 aliphatic heterocycles. The van der Waals surface area contributed by atoms with Crippen LogP contribution in [0.1, 0.15) is 40.7 Å². The Balaban J connectivity index is 1.48. The van der Waals surface area contributed by atoms with Gasteiger partial charge in [0.15, 0.2) is 11.9 Å². The number of ether oxygens (including phenoxy) is 3. The molecule has 1 atom stereocenters. The molecule has 0 fully saturated rings. The standard InChI is InChI=1S/C29H27NO7/c1-4-25(29(32)33)37-26-16-22(34-3)14-15-23(26)27(31)19-10-12-21(13-11-19)35-17-24-18(2)36-28(30-24)20-8-6-5-7-9-20/h5-16,25H,4,17H2,1-3H3,(H,32,33). The molecule has 1 N–H and O–H groups in total. The van der Waals surface area contributed by atoms with E-state index in [2.05, 4.69) is 4.98 Å². The van der Waals surface area contributed by atoms with Gasteiger partial charge >= 0.3 is 5.97 Å². The second-order valence-electron chi connectivity index (χ2n) is 8.25. The van der Waals surface area contributed by atoms with Crippen LogP contribution in [0.2, 0.25) is 0 Å². The van der Waals surface area contributed by atoms with Crippen LogP contribution in [0.25, 0.3) is 11.5 Å². The Morgan fingerprint density at radius 2 is 1.70 bits per heavy atom. The number of hydrogen-bond donors (Lipinski definition) is 1. The van der Waals surface area contributed by atoms with E-state index in [9.17, 15) is 14.7 Å². The number of rotatable bonds is 11. The Labute approximate surface area is 214 Å². The third-order valence-electron chi connectivity index (χ3n) is 5.75. The van der Waals surface area contributed by atoms with Gasteiger partial charge in [-0.25, -0.2) is 9.78 Å². The number of oxazole rings is 1. The molecule has 4 aromatic rings. The Kier molecular flexibility index (Phi) is 7.88. The molecule has 4 rings (SSSR count). The molecule has 0 bridgehead atoms. The molecule has 1 unspecified atom stereocenters. The Hall–Kier alpha value is -4.59. The first-order valence-electron chi connectivity index (χ1n) is 11.8. The number of carboxylic acids is 1. The van der Waals surface area contributed by atoms with Crippen molar-refractivity contribution in [3.05, 3.63) is 95.4 Å². The molecule has 0 radical (unpaired) electrons. The van der Waals surface area contributed by atoms with E-state index in [0.29, 0.717) is 34.4 Å². The van der Waals surface area contributed by atoms with Crippen LogP contribution in [0.5, 0.6) is 17.2 Å². The van der Waals surface area contributed by atoms with Gasteiger partial charge in [-0.05, 0) is 61.9 Å². The van der Waals surface area contributed by atoms with Crippen molar-refractivity contribution >= 4 is 11.8 Å². The second-order valence-corrected chi connectivity index (χ2v) is 8.25. The van der Waals surface area contributed by atoms with Crippen molar-refractivity contribution in [2.45, 2.75) is 33.0 Å². The van der Waals surface area contributed by atoms with Crippen molar-refractivity contribution in [1.82, 2.24) is 4.98 Å². The number of aromatic nitrogens is 1. The molecular weight excluding hydrogens is 474 g/mol. The lowest BCUT2D eigenvalue weighted by Crippen LogP contribution is -2.26. The summed E-state index contributed by atoms with van der Waals surface area (Å²) in [7, 11) is 1.48. The van der Waals surface area contributed by atoms with E-state index < -0.39 is 12.1 Å². The predicted molar refractivity (Wildman–Crippen MR) is 136 cm³/mol. The van der Waals surface area contributed by atoms with E-state index in [0.717, 1.165) is 5.56 Å². The zero-order valence-electron chi connectivity index (χ0n) is 20.8. The summed E-state index contributed by atoms with van der Waals surface area (Å²) < 4.78 is 22.5. The van der Waals surface area contributed by atoms with Gasteiger partial charge in [0.2, 0.25) is 5.89 Å². The molecule has 190 valence electrons. The van der Waals surface area contributed by atoms with E-state index in [4.69, 9.17) is 18.6 Å². The minimum Gasteiger partial charge on any atom is -0.497 e. The number of aryl methyl sites for hydroxylation is 1. The van der Waals surface area contributed by atoms with Crippen LogP contribution < -0.4 is 14.2 Å². The number of carboxylic acid groups (broad SMARTS) is 1. The summed E-state index contributed by atoms with van der Waals surface area (Å²) >= 11 is 0. The number of carbonyl (C=O) groups excluding carboxylic acids is 1. The van der Waals surface area contributed by atoms with Gasteiger partial charge in [-0.2, -0.15) is 0 Å². The summed E-state index contributed by atoms with van der Waals surface area (Å²) in [5.74, 6) is 0.938. The molecule has 0 aliphatic rings. The number of hydrogen-bond acceptors (Lipinski definition) is 7. The number of ketones is 1. The fraction of sp³-hybridized carbons (Fsp3) is 0.207. The summed E-state index contributed by atoms with van der Waals surface area (Å²) in [5.41, 5.74) is 2.20. The highest BCUT2D eigenvalue weighted by Gasteiger charge is 2.22. The van der Waals surface area contributed by atoms with Crippen molar-refractivity contribution in [3.8, 4) is 28.7 Å². The van der Waals surface area contributed by atoms with E-state index in [1.54, 1.807) is 43.3 Å². The zero-order chi connectivity index (χ0) is 26.4. The first kappa shape index (κ1) is 25.5. The van der Waals surface area contributed by atoms with E-state index in [1.165, 1.54) is 13.2 Å². The maximum atomic E-state index is 13.2. The summed E-state index contributed by atoms with van der Waals surface area (Å²) in [5, 5.41) is 9.38. The number of methoxy groups -OCH3 is 1. The second kappa shape index (κ2) is 11.4. The van der Waals surface area contributed by atoms with Gasteiger partial charge < -0.3 is 23.7 Å². The monoisotopic (exact) mass is 501 g/mol. The number of benzene rings is 3. The number of aliphatic carboxylic acids is 1. The van der Waals surface area contributed by atoms with Crippen LogP contribution in [0.3, 0.4) is 0 Å². The Bertz CT molecular complexity index is 1380. The van der Waals surface area contributed by atoms with Crippen molar-refractivity contribution < 1.29 is 33.3 Å². The van der Waals surface area contributed by atoms with Gasteiger partial charge in [-0.3, -0.25) is 4.79 Å². The van der Waals surface area contributed by atoms with Gasteiger partial charge in [-0.15, -0.1) is 0 Å². The highest BCUT2D eigenvalue weighted by atomic mass is 16.5. The van der Waals surface area contributed by atoms with Crippen molar-refractivity contribution in [2.75, 3.05) is 7.11 Å². The van der Waals surface area contributed by atoms with E-state index >= 15 is 0 Å². The Morgan fingerprint density at radius 1 is 1.00 bits per heavy atom. The lowest BCUT2D eigenvalue weighted by molar-refractivity contribution is -0.145.